The van der Waals surface area contributed by atoms with Crippen LogP contribution in [0.1, 0.15) is 52.7 Å². The lowest BCUT2D eigenvalue weighted by atomic mass is 9.86. The minimum absolute atomic E-state index is 0.000550. The normalized spacial score (nSPS) is 18.8. The summed E-state index contributed by atoms with van der Waals surface area (Å²) in [6, 6.07) is 54.8. The van der Waals surface area contributed by atoms with Crippen LogP contribution in [0.4, 0.5) is 22.7 Å². The van der Waals surface area contributed by atoms with Crippen LogP contribution in [0.25, 0.3) is 38.8 Å². The van der Waals surface area contributed by atoms with Gasteiger partial charge in [-0.1, -0.05) is 114 Å². The molecule has 5 nitrogen and oxygen atoms in total. The fraction of sp³-hybridized carbons (Fsp3) is 0.160. The Morgan fingerprint density at radius 2 is 1.18 bits per heavy atom. The van der Waals surface area contributed by atoms with Gasteiger partial charge >= 0.3 is 0 Å². The summed E-state index contributed by atoms with van der Waals surface area (Å²) in [5.41, 5.74) is 12.0. The average molecular weight is 718 g/mol. The molecular weight excluding hydrogens is 673 g/mol. The predicted molar refractivity (Wildman–Crippen MR) is 228 cm³/mol. The summed E-state index contributed by atoms with van der Waals surface area (Å²) in [5.74, 6) is 2.52. The molecule has 0 spiro atoms. The summed E-state index contributed by atoms with van der Waals surface area (Å²) >= 11 is 0. The van der Waals surface area contributed by atoms with Gasteiger partial charge in [0.2, 0.25) is 11.4 Å². The van der Waals surface area contributed by atoms with Gasteiger partial charge in [0.15, 0.2) is 18.0 Å². The first-order valence-electron chi connectivity index (χ1n) is 19.2. The van der Waals surface area contributed by atoms with Gasteiger partial charge in [-0.25, -0.2) is 4.98 Å². The van der Waals surface area contributed by atoms with Gasteiger partial charge in [0.1, 0.15) is 17.3 Å². The second-order valence-electron chi connectivity index (χ2n) is 17.1. The van der Waals surface area contributed by atoms with Crippen molar-refractivity contribution in [1.82, 2.24) is 18.7 Å². The van der Waals surface area contributed by atoms with E-state index in [4.69, 9.17) is 9.72 Å². The molecule has 55 heavy (non-hydrogen) atoms. The molecule has 0 radical (unpaired) electrons. The molecule has 1 saturated heterocycles. The van der Waals surface area contributed by atoms with Crippen molar-refractivity contribution in [3.8, 4) is 28.4 Å². The van der Waals surface area contributed by atoms with Crippen molar-refractivity contribution in [1.29, 1.82) is 0 Å². The van der Waals surface area contributed by atoms with E-state index in [9.17, 15) is 0 Å². The smallest absolute Gasteiger partial charge is 0.225 e. The molecule has 1 fully saturated rings. The highest BCUT2D eigenvalue weighted by Crippen LogP contribution is 2.75. The predicted octanol–water partition coefficient (Wildman–Crippen LogP) is 13.6. The Hall–Kier alpha value is -6.01. The van der Waals surface area contributed by atoms with Crippen LogP contribution in [-0.2, 0) is 10.8 Å². The van der Waals surface area contributed by atoms with Crippen molar-refractivity contribution in [2.45, 2.75) is 52.4 Å². The zero-order valence-corrected chi connectivity index (χ0v) is 32.3. The van der Waals surface area contributed by atoms with E-state index in [2.05, 4.69) is 204 Å². The summed E-state index contributed by atoms with van der Waals surface area (Å²) in [6.07, 6.45) is 1.93. The van der Waals surface area contributed by atoms with E-state index in [1.807, 2.05) is 6.20 Å². The Bertz CT molecular complexity index is 2810. The highest BCUT2D eigenvalue weighted by molar-refractivity contribution is 6.09. The van der Waals surface area contributed by atoms with Crippen molar-refractivity contribution < 1.29 is 4.74 Å². The number of hydrogen-bond donors (Lipinski definition) is 0. The van der Waals surface area contributed by atoms with E-state index < -0.39 is 0 Å². The number of hydrogen-bond acceptors (Lipinski definition) is 2. The molecular formula is C50H45N4O+. The molecule has 0 saturated carbocycles. The summed E-state index contributed by atoms with van der Waals surface area (Å²) < 4.78 is 10.5. The van der Waals surface area contributed by atoms with Gasteiger partial charge in [-0.05, 0) is 69.5 Å². The van der Waals surface area contributed by atoms with Gasteiger partial charge < -0.3 is 4.74 Å². The van der Waals surface area contributed by atoms with Crippen LogP contribution in [-0.4, -0.2) is 9.55 Å². The van der Waals surface area contributed by atoms with Crippen LogP contribution in [0.15, 0.2) is 158 Å². The van der Waals surface area contributed by atoms with Gasteiger partial charge in [-0.3, -0.25) is 4.57 Å². The summed E-state index contributed by atoms with van der Waals surface area (Å²) in [7, 11) is 0. The van der Waals surface area contributed by atoms with Crippen molar-refractivity contribution in [2.24, 2.45) is 0 Å². The first-order valence-corrected chi connectivity index (χ1v) is 19.2. The maximum Gasteiger partial charge on any atom is 0.225 e. The number of quaternary nitrogens is 2. The second-order valence-corrected chi connectivity index (χ2v) is 17.1. The van der Waals surface area contributed by atoms with Crippen LogP contribution in [0.5, 0.6) is 11.5 Å². The van der Waals surface area contributed by atoms with Crippen LogP contribution in [0.2, 0.25) is 0 Å². The van der Waals surface area contributed by atoms with Gasteiger partial charge in [0.05, 0.1) is 11.0 Å². The summed E-state index contributed by atoms with van der Waals surface area (Å²) in [6.45, 7) is 16.0. The van der Waals surface area contributed by atoms with Crippen molar-refractivity contribution in [2.75, 3.05) is 0 Å². The largest absolute Gasteiger partial charge is 0.457 e. The maximum atomic E-state index is 6.95. The Morgan fingerprint density at radius 3 is 1.95 bits per heavy atom. The van der Waals surface area contributed by atoms with E-state index >= 15 is 0 Å². The average Bonchev–Trinajstić information content (AvgIpc) is 3.68. The monoisotopic (exact) mass is 717 g/mol. The van der Waals surface area contributed by atoms with Crippen molar-refractivity contribution in [3.05, 3.63) is 176 Å². The minimum Gasteiger partial charge on any atom is -0.457 e. The Kier molecular flexibility index (Phi) is 7.16. The fourth-order valence-corrected chi connectivity index (χ4v) is 8.66. The Morgan fingerprint density at radius 1 is 0.509 bits per heavy atom. The molecule has 2 aliphatic heterocycles. The SMILES string of the molecule is CC(C)(C)c1cc(Oc2ccc3c4ccccc4n(-c4cc(C(C)(C)C)ccn4)c3c2)cc([N@@+]23[CH-][N+]2(c2cccc(-c4ccccc4)c2)c2ccccc23)c1. The Labute approximate surface area is 323 Å². The maximum absolute atomic E-state index is 6.95. The summed E-state index contributed by atoms with van der Waals surface area (Å²) in [4.78, 5) is 4.89. The molecule has 0 amide bonds. The standard InChI is InChI=1S/C50H45N4O/c1-49(2,3)36-25-26-51-48(30-36)52-44-20-11-10-19-42(44)43-24-23-40(32-45(43)52)55-41-29-37(50(4,5)6)28-39(31-41)54-33-53(54,46-21-12-13-22-47(46)54)38-18-14-17-35(27-38)34-15-8-7-9-16-34/h7-33H,1-6H3/q+1/t53?,54-/m1/s1. The molecule has 0 aliphatic carbocycles. The zero-order valence-electron chi connectivity index (χ0n) is 32.3. The molecule has 2 aromatic heterocycles. The van der Waals surface area contributed by atoms with Gasteiger partial charge in [0.25, 0.3) is 0 Å². The zero-order chi connectivity index (χ0) is 37.7. The minimum atomic E-state index is -0.101. The number of para-hydroxylation sites is 3. The molecule has 1 unspecified atom stereocenters. The van der Waals surface area contributed by atoms with Gasteiger partial charge in [0, 0.05) is 59.4 Å². The van der Waals surface area contributed by atoms with Crippen molar-refractivity contribution in [3.63, 3.8) is 0 Å². The van der Waals surface area contributed by atoms with E-state index in [-0.39, 0.29) is 10.8 Å². The number of benzene rings is 6. The molecule has 2 aliphatic rings. The first-order chi connectivity index (χ1) is 26.5. The van der Waals surface area contributed by atoms with Crippen molar-refractivity contribution >= 4 is 44.6 Å². The third-order valence-electron chi connectivity index (χ3n) is 11.6. The third kappa shape index (κ3) is 5.03. The molecule has 4 heterocycles. The van der Waals surface area contributed by atoms with Gasteiger partial charge in [-0.2, -0.15) is 9.18 Å². The number of aromatic nitrogens is 2. The Balaban J connectivity index is 1.10. The highest BCUT2D eigenvalue weighted by atomic mass is 16.5. The van der Waals surface area contributed by atoms with E-state index in [0.717, 1.165) is 28.4 Å². The van der Waals surface area contributed by atoms with Crippen LogP contribution in [0, 0.1) is 6.67 Å². The molecule has 0 N–H and O–H groups in total. The quantitative estimate of drug-likeness (QED) is 0.0973. The van der Waals surface area contributed by atoms with E-state index in [1.54, 1.807) is 0 Å². The van der Waals surface area contributed by atoms with Crippen LogP contribution < -0.4 is 13.9 Å². The third-order valence-corrected chi connectivity index (χ3v) is 11.6. The first kappa shape index (κ1) is 33.6. The number of nitrogens with zero attached hydrogens (tertiary/aromatic N) is 4. The van der Waals surface area contributed by atoms with E-state index in [0.29, 0.717) is 9.18 Å². The molecule has 8 aromatic rings. The summed E-state index contributed by atoms with van der Waals surface area (Å²) in [5, 5.41) is 2.36. The molecule has 2 atom stereocenters. The highest BCUT2D eigenvalue weighted by Gasteiger charge is 2.78. The molecule has 270 valence electrons. The second kappa shape index (κ2) is 11.7. The molecule has 5 heteroatoms. The molecule has 0 bridgehead atoms. The lowest BCUT2D eigenvalue weighted by Gasteiger charge is -2.40. The van der Waals surface area contributed by atoms with Crippen LogP contribution in [0.3, 0.4) is 0 Å². The lowest BCUT2D eigenvalue weighted by molar-refractivity contribution is 0.422. The van der Waals surface area contributed by atoms with Crippen LogP contribution >= 0.6 is 0 Å². The number of rotatable bonds is 6. The van der Waals surface area contributed by atoms with Gasteiger partial charge in [-0.15, -0.1) is 0 Å². The number of fused-ring (bicyclic) bond motifs is 7. The number of ether oxygens (including phenoxy) is 1. The molecule has 6 aromatic carbocycles. The number of pyridine rings is 1. The molecule has 10 rings (SSSR count). The topological polar surface area (TPSA) is 27.1 Å². The van der Waals surface area contributed by atoms with E-state index in [1.165, 1.54) is 55.8 Å². The fourth-order valence-electron chi connectivity index (χ4n) is 8.66. The lowest BCUT2D eigenvalue weighted by Crippen LogP contribution is -2.46.